The monoisotopic (exact) mass is 328 g/mol. The van der Waals surface area contributed by atoms with Gasteiger partial charge in [0.2, 0.25) is 5.91 Å². The number of hydrogen-bond donors (Lipinski definition) is 3. The Kier molecular flexibility index (Phi) is 6.73. The fourth-order valence-corrected chi connectivity index (χ4v) is 2.05. The summed E-state index contributed by atoms with van der Waals surface area (Å²) in [6.07, 6.45) is 4.17. The molecule has 2 rings (SSSR count). The molecule has 0 spiro atoms. The predicted molar refractivity (Wildman–Crippen MR) is 91.9 cm³/mol. The minimum absolute atomic E-state index is 0.0207. The molecule has 0 saturated carbocycles. The molecule has 7 nitrogen and oxygen atoms in total. The van der Waals surface area contributed by atoms with E-state index in [9.17, 15) is 9.59 Å². The third-order valence-corrected chi connectivity index (χ3v) is 3.13. The van der Waals surface area contributed by atoms with E-state index in [1.807, 2.05) is 12.1 Å². The van der Waals surface area contributed by atoms with Crippen LogP contribution in [0.5, 0.6) is 0 Å². The predicted octanol–water partition coefficient (Wildman–Crippen LogP) is 2.03. The van der Waals surface area contributed by atoms with Crippen LogP contribution in [-0.4, -0.2) is 37.2 Å². The molecular weight excluding hydrogens is 308 g/mol. The van der Waals surface area contributed by atoms with Crippen molar-refractivity contribution in [1.29, 1.82) is 0 Å². The zero-order valence-corrected chi connectivity index (χ0v) is 13.4. The number of rotatable bonds is 7. The summed E-state index contributed by atoms with van der Waals surface area (Å²) in [5.41, 5.74) is 2.28. The summed E-state index contributed by atoms with van der Waals surface area (Å²) in [5, 5.41) is 8.19. The Hall–Kier alpha value is -2.93. The van der Waals surface area contributed by atoms with Crippen molar-refractivity contribution in [2.24, 2.45) is 0 Å². The van der Waals surface area contributed by atoms with Crippen molar-refractivity contribution < 1.29 is 14.3 Å². The van der Waals surface area contributed by atoms with Crippen LogP contribution in [0.1, 0.15) is 5.56 Å². The van der Waals surface area contributed by atoms with E-state index in [1.165, 1.54) is 7.11 Å². The zero-order chi connectivity index (χ0) is 17.2. The van der Waals surface area contributed by atoms with Crippen LogP contribution in [0.4, 0.5) is 16.2 Å². The second kappa shape index (κ2) is 9.26. The third kappa shape index (κ3) is 6.05. The van der Waals surface area contributed by atoms with Gasteiger partial charge >= 0.3 is 6.03 Å². The molecule has 7 heteroatoms. The number of hydrogen-bond acceptors (Lipinski definition) is 4. The van der Waals surface area contributed by atoms with E-state index in [1.54, 1.807) is 36.7 Å². The van der Waals surface area contributed by atoms with Gasteiger partial charge in [0, 0.05) is 37.4 Å². The molecular formula is C17H20N4O3. The van der Waals surface area contributed by atoms with Gasteiger partial charge in [-0.1, -0.05) is 6.07 Å². The number of anilines is 2. The maximum atomic E-state index is 11.9. The minimum Gasteiger partial charge on any atom is -0.375 e. The molecule has 0 aliphatic heterocycles. The van der Waals surface area contributed by atoms with Gasteiger partial charge in [0.05, 0.1) is 0 Å². The molecule has 0 unspecified atom stereocenters. The zero-order valence-electron chi connectivity index (χ0n) is 13.4. The van der Waals surface area contributed by atoms with Crippen LogP contribution in [0, 0.1) is 0 Å². The summed E-state index contributed by atoms with van der Waals surface area (Å²) >= 11 is 0. The smallest absolute Gasteiger partial charge is 0.319 e. The fourth-order valence-electron chi connectivity index (χ4n) is 2.05. The molecule has 0 bridgehead atoms. The highest BCUT2D eigenvalue weighted by Crippen LogP contribution is 2.14. The van der Waals surface area contributed by atoms with Gasteiger partial charge in [-0.2, -0.15) is 0 Å². The Morgan fingerprint density at radius 3 is 2.50 bits per heavy atom. The van der Waals surface area contributed by atoms with Crippen molar-refractivity contribution in [2.75, 3.05) is 30.9 Å². The maximum Gasteiger partial charge on any atom is 0.319 e. The van der Waals surface area contributed by atoms with E-state index >= 15 is 0 Å². The van der Waals surface area contributed by atoms with Gasteiger partial charge in [0.15, 0.2) is 0 Å². The number of urea groups is 1. The molecule has 3 N–H and O–H groups in total. The van der Waals surface area contributed by atoms with Gasteiger partial charge in [-0.15, -0.1) is 0 Å². The highest BCUT2D eigenvalue weighted by Gasteiger charge is 2.04. The molecule has 0 aliphatic rings. The molecule has 1 aromatic carbocycles. The number of nitrogens with zero attached hydrogens (tertiary/aromatic N) is 1. The van der Waals surface area contributed by atoms with Gasteiger partial charge in [-0.05, 0) is 42.3 Å². The van der Waals surface area contributed by atoms with Crippen molar-refractivity contribution in [2.45, 2.75) is 6.42 Å². The van der Waals surface area contributed by atoms with Crippen LogP contribution >= 0.6 is 0 Å². The number of pyridine rings is 1. The van der Waals surface area contributed by atoms with E-state index in [0.29, 0.717) is 17.9 Å². The first-order chi connectivity index (χ1) is 11.7. The van der Waals surface area contributed by atoms with Crippen LogP contribution < -0.4 is 16.0 Å². The first-order valence-corrected chi connectivity index (χ1v) is 7.50. The van der Waals surface area contributed by atoms with Crippen LogP contribution in [0.15, 0.2) is 48.8 Å². The largest absolute Gasteiger partial charge is 0.375 e. The number of ether oxygens (including phenoxy) is 1. The lowest BCUT2D eigenvalue weighted by molar-refractivity contribution is -0.119. The number of nitrogens with one attached hydrogen (secondary N) is 3. The van der Waals surface area contributed by atoms with E-state index in [0.717, 1.165) is 12.0 Å². The van der Waals surface area contributed by atoms with Crippen LogP contribution in [0.25, 0.3) is 0 Å². The summed E-state index contributed by atoms with van der Waals surface area (Å²) in [4.78, 5) is 27.3. The lowest BCUT2D eigenvalue weighted by Crippen LogP contribution is -2.30. The highest BCUT2D eigenvalue weighted by molar-refractivity contribution is 5.94. The molecule has 126 valence electrons. The average molecular weight is 328 g/mol. The van der Waals surface area contributed by atoms with Gasteiger partial charge in [0.1, 0.15) is 6.61 Å². The summed E-state index contributed by atoms with van der Waals surface area (Å²) in [7, 11) is 1.45. The van der Waals surface area contributed by atoms with Crippen molar-refractivity contribution in [1.82, 2.24) is 10.3 Å². The molecule has 1 aromatic heterocycles. The molecule has 2 aromatic rings. The number of benzene rings is 1. The van der Waals surface area contributed by atoms with Crippen LogP contribution in [0.3, 0.4) is 0 Å². The molecule has 0 atom stereocenters. The lowest BCUT2D eigenvalue weighted by Gasteiger charge is -2.10. The molecule has 0 saturated heterocycles. The van der Waals surface area contributed by atoms with Crippen molar-refractivity contribution in [3.63, 3.8) is 0 Å². The summed E-state index contributed by atoms with van der Waals surface area (Å²) in [6.45, 7) is 0.493. The summed E-state index contributed by atoms with van der Waals surface area (Å²) in [5.74, 6) is -0.253. The van der Waals surface area contributed by atoms with Crippen molar-refractivity contribution in [3.8, 4) is 0 Å². The Bertz CT molecular complexity index is 677. The average Bonchev–Trinajstić information content (AvgIpc) is 2.56. The molecule has 1 heterocycles. The maximum absolute atomic E-state index is 11.9. The number of carbonyl (C=O) groups excluding carboxylic acids is 2. The highest BCUT2D eigenvalue weighted by atomic mass is 16.5. The van der Waals surface area contributed by atoms with E-state index in [4.69, 9.17) is 4.74 Å². The number of carbonyl (C=O) groups is 2. The molecule has 0 radical (unpaired) electrons. The minimum atomic E-state index is -0.301. The second-order valence-corrected chi connectivity index (χ2v) is 5.05. The lowest BCUT2D eigenvalue weighted by atomic mass is 10.2. The van der Waals surface area contributed by atoms with Crippen LogP contribution in [0.2, 0.25) is 0 Å². The van der Waals surface area contributed by atoms with Gasteiger partial charge < -0.3 is 20.7 Å². The topological polar surface area (TPSA) is 92.4 Å². The van der Waals surface area contributed by atoms with Gasteiger partial charge in [-0.25, -0.2) is 4.79 Å². The molecule has 24 heavy (non-hydrogen) atoms. The van der Waals surface area contributed by atoms with E-state index in [-0.39, 0.29) is 18.5 Å². The van der Waals surface area contributed by atoms with E-state index in [2.05, 4.69) is 20.9 Å². The third-order valence-electron chi connectivity index (χ3n) is 3.13. The Morgan fingerprint density at radius 2 is 1.79 bits per heavy atom. The number of amides is 3. The Balaban J connectivity index is 1.79. The van der Waals surface area contributed by atoms with Gasteiger partial charge in [-0.3, -0.25) is 9.78 Å². The normalized spacial score (nSPS) is 10.0. The fraction of sp³-hybridized carbons (Fsp3) is 0.235. The quantitative estimate of drug-likeness (QED) is 0.725. The first kappa shape index (κ1) is 17.4. The Morgan fingerprint density at radius 1 is 1.08 bits per heavy atom. The van der Waals surface area contributed by atoms with Crippen molar-refractivity contribution >= 4 is 23.3 Å². The first-order valence-electron chi connectivity index (χ1n) is 7.50. The molecule has 3 amide bonds. The SMILES string of the molecule is COCC(=O)Nc1cccc(NC(=O)NCCc2ccncc2)c1. The summed E-state index contributed by atoms with van der Waals surface area (Å²) < 4.78 is 4.76. The number of aromatic nitrogens is 1. The van der Waals surface area contributed by atoms with Crippen molar-refractivity contribution in [3.05, 3.63) is 54.4 Å². The summed E-state index contributed by atoms with van der Waals surface area (Å²) in [6, 6.07) is 10.4. The van der Waals surface area contributed by atoms with Crippen LogP contribution in [-0.2, 0) is 16.0 Å². The standard InChI is InChI=1S/C17H20N4O3/c1-24-12-16(22)20-14-3-2-4-15(11-14)21-17(23)19-10-7-13-5-8-18-9-6-13/h2-6,8-9,11H,7,10,12H2,1H3,(H,20,22)(H2,19,21,23). The Labute approximate surface area is 140 Å². The second-order valence-electron chi connectivity index (χ2n) is 5.05. The van der Waals surface area contributed by atoms with Gasteiger partial charge in [0.25, 0.3) is 0 Å². The molecule has 0 aliphatic carbocycles. The number of methoxy groups -OCH3 is 1. The van der Waals surface area contributed by atoms with E-state index < -0.39 is 0 Å². The molecule has 0 fully saturated rings.